The van der Waals surface area contributed by atoms with Crippen molar-refractivity contribution in [2.75, 3.05) is 7.05 Å². The Labute approximate surface area is 92.9 Å². The maximum absolute atomic E-state index is 13.4. The second-order valence-corrected chi connectivity index (χ2v) is 5.12. The smallest absolute Gasteiger partial charge is 0.216 e. The molecule has 0 saturated carbocycles. The van der Waals surface area contributed by atoms with Crippen LogP contribution in [0.1, 0.15) is 11.1 Å². The Kier molecular flexibility index (Phi) is 3.61. The molecule has 0 bridgehead atoms. The van der Waals surface area contributed by atoms with Gasteiger partial charge in [-0.1, -0.05) is 12.1 Å². The Hall–Kier alpha value is -1.05. The number of hydrogen-bond acceptors (Lipinski definition) is 2. The van der Waals surface area contributed by atoms with Crippen LogP contribution in [0.25, 0.3) is 0 Å². The van der Waals surface area contributed by atoms with E-state index < -0.39 is 21.8 Å². The van der Waals surface area contributed by atoms with Crippen molar-refractivity contribution >= 4 is 10.2 Å². The van der Waals surface area contributed by atoms with Gasteiger partial charge in [0.15, 0.2) is 11.6 Å². The number of nitrogens with two attached hydrogens (primary N) is 1. The van der Waals surface area contributed by atoms with Crippen LogP contribution in [-0.2, 0) is 16.8 Å². The van der Waals surface area contributed by atoms with Crippen molar-refractivity contribution in [2.24, 2.45) is 5.14 Å². The molecule has 7 heteroatoms. The molecule has 4 nitrogen and oxygen atoms in total. The highest BCUT2D eigenvalue weighted by Gasteiger charge is 2.17. The Morgan fingerprint density at radius 3 is 2.38 bits per heavy atom. The number of hydrogen-bond donors (Lipinski definition) is 1. The summed E-state index contributed by atoms with van der Waals surface area (Å²) in [6.07, 6.45) is 0. The first-order chi connectivity index (χ1) is 7.23. The van der Waals surface area contributed by atoms with Crippen molar-refractivity contribution in [1.29, 1.82) is 0 Å². The molecular formula is C9H12F2N2O2S. The lowest BCUT2D eigenvalue weighted by Gasteiger charge is -2.14. The average molecular weight is 250 g/mol. The SMILES string of the molecule is Cc1ccc(CN(C)S(N)(=O)=O)c(F)c1F. The first-order valence-electron chi connectivity index (χ1n) is 4.41. The maximum Gasteiger partial charge on any atom is 0.276 e. The zero-order chi connectivity index (χ0) is 12.5. The van der Waals surface area contributed by atoms with Crippen LogP contribution in [0.15, 0.2) is 12.1 Å². The summed E-state index contributed by atoms with van der Waals surface area (Å²) in [6, 6.07) is 2.71. The van der Waals surface area contributed by atoms with E-state index in [1.165, 1.54) is 26.1 Å². The molecular weight excluding hydrogens is 238 g/mol. The van der Waals surface area contributed by atoms with Crippen LogP contribution in [0.4, 0.5) is 8.78 Å². The van der Waals surface area contributed by atoms with Crippen LogP contribution in [0.2, 0.25) is 0 Å². The largest absolute Gasteiger partial charge is 0.276 e. The Morgan fingerprint density at radius 2 is 1.88 bits per heavy atom. The highest BCUT2D eigenvalue weighted by atomic mass is 32.2. The molecule has 0 fully saturated rings. The number of aryl methyl sites for hydroxylation is 1. The minimum atomic E-state index is -3.90. The molecule has 0 radical (unpaired) electrons. The molecule has 16 heavy (non-hydrogen) atoms. The van der Waals surface area contributed by atoms with Crippen LogP contribution in [0.5, 0.6) is 0 Å². The average Bonchev–Trinajstić information content (AvgIpc) is 2.17. The minimum Gasteiger partial charge on any atom is -0.216 e. The van der Waals surface area contributed by atoms with Gasteiger partial charge in [0.1, 0.15) is 0 Å². The number of nitrogens with zero attached hydrogens (tertiary/aromatic N) is 1. The standard InChI is InChI=1S/C9H12F2N2O2S/c1-6-3-4-7(9(11)8(6)10)5-13(2)16(12,14)15/h3-4H,5H2,1-2H3,(H2,12,14,15). The van der Waals surface area contributed by atoms with Gasteiger partial charge in [0, 0.05) is 19.2 Å². The van der Waals surface area contributed by atoms with Gasteiger partial charge in [0.2, 0.25) is 0 Å². The summed E-state index contributed by atoms with van der Waals surface area (Å²) in [5.41, 5.74) is 0.110. The molecule has 90 valence electrons. The highest BCUT2D eigenvalue weighted by Crippen LogP contribution is 2.17. The monoisotopic (exact) mass is 250 g/mol. The molecule has 0 atom stereocenters. The fraction of sp³-hybridized carbons (Fsp3) is 0.333. The third kappa shape index (κ3) is 2.75. The van der Waals surface area contributed by atoms with Gasteiger partial charge in [-0.25, -0.2) is 13.9 Å². The van der Waals surface area contributed by atoms with Gasteiger partial charge in [-0.15, -0.1) is 0 Å². The normalized spacial score (nSPS) is 12.1. The maximum atomic E-state index is 13.4. The van der Waals surface area contributed by atoms with Crippen LogP contribution in [0, 0.1) is 18.6 Å². The van der Waals surface area contributed by atoms with Gasteiger partial charge in [-0.2, -0.15) is 12.7 Å². The minimum absolute atomic E-state index is 0.0559. The fourth-order valence-electron chi connectivity index (χ4n) is 1.14. The molecule has 0 aliphatic rings. The Morgan fingerprint density at radius 1 is 1.31 bits per heavy atom. The molecule has 0 spiro atoms. The van der Waals surface area contributed by atoms with Gasteiger partial charge in [0.25, 0.3) is 10.2 Å². The second kappa shape index (κ2) is 4.44. The molecule has 0 unspecified atom stereocenters. The first-order valence-corrected chi connectivity index (χ1v) is 5.91. The number of rotatable bonds is 3. The van der Waals surface area contributed by atoms with E-state index in [-0.39, 0.29) is 17.7 Å². The van der Waals surface area contributed by atoms with Crippen molar-refractivity contribution in [3.05, 3.63) is 34.9 Å². The lowest BCUT2D eigenvalue weighted by atomic mass is 10.1. The van der Waals surface area contributed by atoms with Crippen molar-refractivity contribution < 1.29 is 17.2 Å². The summed E-state index contributed by atoms with van der Waals surface area (Å²) in [7, 11) is -2.71. The van der Waals surface area contributed by atoms with Crippen LogP contribution < -0.4 is 5.14 Å². The van der Waals surface area contributed by atoms with Crippen LogP contribution in [-0.4, -0.2) is 19.8 Å². The predicted molar refractivity (Wildman–Crippen MR) is 55.7 cm³/mol. The van der Waals surface area contributed by atoms with E-state index in [0.29, 0.717) is 0 Å². The fourth-order valence-corrected chi connectivity index (χ4v) is 1.46. The summed E-state index contributed by atoms with van der Waals surface area (Å²) in [5, 5.41) is 4.83. The summed E-state index contributed by atoms with van der Waals surface area (Å²) in [5.74, 6) is -2.02. The van der Waals surface area contributed by atoms with Crippen LogP contribution >= 0.6 is 0 Å². The lowest BCUT2D eigenvalue weighted by molar-refractivity contribution is 0.441. The molecule has 0 saturated heterocycles. The Bertz CT molecular complexity index is 502. The molecule has 0 aliphatic carbocycles. The predicted octanol–water partition coefficient (Wildman–Crippen LogP) is 0.909. The summed E-state index contributed by atoms with van der Waals surface area (Å²) in [6.45, 7) is 1.12. The highest BCUT2D eigenvalue weighted by molar-refractivity contribution is 7.86. The summed E-state index contributed by atoms with van der Waals surface area (Å²) in [4.78, 5) is 0. The van der Waals surface area contributed by atoms with E-state index in [2.05, 4.69) is 0 Å². The van der Waals surface area contributed by atoms with Crippen molar-refractivity contribution in [3.8, 4) is 0 Å². The topological polar surface area (TPSA) is 63.4 Å². The van der Waals surface area contributed by atoms with E-state index in [1.807, 2.05) is 0 Å². The van der Waals surface area contributed by atoms with E-state index in [1.54, 1.807) is 0 Å². The van der Waals surface area contributed by atoms with Crippen molar-refractivity contribution in [3.63, 3.8) is 0 Å². The molecule has 0 amide bonds. The molecule has 1 aromatic rings. The molecule has 1 aromatic carbocycles. The van der Waals surface area contributed by atoms with E-state index in [4.69, 9.17) is 5.14 Å². The molecule has 0 aliphatic heterocycles. The zero-order valence-corrected chi connectivity index (χ0v) is 9.68. The lowest BCUT2D eigenvalue weighted by Crippen LogP contribution is -2.33. The van der Waals surface area contributed by atoms with Gasteiger partial charge >= 0.3 is 0 Å². The molecule has 0 aromatic heterocycles. The summed E-state index contributed by atoms with van der Waals surface area (Å²) >= 11 is 0. The number of halogens is 2. The third-order valence-corrected chi connectivity index (χ3v) is 3.18. The second-order valence-electron chi connectivity index (χ2n) is 3.47. The third-order valence-electron chi connectivity index (χ3n) is 2.18. The molecule has 1 rings (SSSR count). The zero-order valence-electron chi connectivity index (χ0n) is 8.87. The van der Waals surface area contributed by atoms with Crippen LogP contribution in [0.3, 0.4) is 0 Å². The van der Waals surface area contributed by atoms with E-state index in [0.717, 1.165) is 4.31 Å². The van der Waals surface area contributed by atoms with E-state index >= 15 is 0 Å². The molecule has 0 heterocycles. The van der Waals surface area contributed by atoms with Crippen molar-refractivity contribution in [1.82, 2.24) is 4.31 Å². The van der Waals surface area contributed by atoms with Gasteiger partial charge in [0.05, 0.1) is 0 Å². The van der Waals surface area contributed by atoms with Gasteiger partial charge in [-0.05, 0) is 12.5 Å². The molecule has 2 N–H and O–H groups in total. The number of benzene rings is 1. The first kappa shape index (κ1) is 13.0. The quantitative estimate of drug-likeness (QED) is 0.866. The van der Waals surface area contributed by atoms with E-state index in [9.17, 15) is 17.2 Å². The Balaban J connectivity index is 3.04. The van der Waals surface area contributed by atoms with Crippen molar-refractivity contribution in [2.45, 2.75) is 13.5 Å². The summed E-state index contributed by atoms with van der Waals surface area (Å²) < 4.78 is 49.0. The van der Waals surface area contributed by atoms with Gasteiger partial charge in [-0.3, -0.25) is 0 Å². The van der Waals surface area contributed by atoms with Gasteiger partial charge < -0.3 is 0 Å².